The Kier molecular flexibility index (Phi) is 3.32. The van der Waals surface area contributed by atoms with Gasteiger partial charge in [0.1, 0.15) is 5.54 Å². The molecule has 132 valence electrons. The molecule has 0 saturated carbocycles. The number of carbonyl (C=O) groups excluding carboxylic acids is 2. The third-order valence-electron chi connectivity index (χ3n) is 5.01. The predicted octanol–water partition coefficient (Wildman–Crippen LogP) is 2.10. The van der Waals surface area contributed by atoms with E-state index in [0.717, 1.165) is 23.3 Å². The van der Waals surface area contributed by atoms with Crippen molar-refractivity contribution >= 4 is 39.6 Å². The summed E-state index contributed by atoms with van der Waals surface area (Å²) < 4.78 is 1.44. The first-order chi connectivity index (χ1) is 12.6. The Bertz CT molecular complexity index is 1110. The SMILES string of the molecule is O=C1N[C@]2(CCCc3sccc32)C(=O)N1Cc1cc(=O)n2ccsc2n1. The lowest BCUT2D eigenvalue weighted by Gasteiger charge is -2.31. The van der Waals surface area contributed by atoms with Crippen LogP contribution in [0.5, 0.6) is 0 Å². The number of nitrogens with one attached hydrogen (secondary N) is 1. The Morgan fingerprint density at radius 1 is 1.23 bits per heavy atom. The highest BCUT2D eigenvalue weighted by Gasteiger charge is 2.54. The van der Waals surface area contributed by atoms with Crippen molar-refractivity contribution in [2.75, 3.05) is 0 Å². The molecule has 0 radical (unpaired) electrons. The quantitative estimate of drug-likeness (QED) is 0.684. The maximum atomic E-state index is 13.2. The van der Waals surface area contributed by atoms with Gasteiger partial charge < -0.3 is 5.32 Å². The largest absolute Gasteiger partial charge is 0.325 e. The number of nitrogens with zero attached hydrogens (tertiary/aromatic N) is 3. The second-order valence-electron chi connectivity index (χ2n) is 6.48. The Balaban J connectivity index is 1.52. The van der Waals surface area contributed by atoms with E-state index in [-0.39, 0.29) is 18.0 Å². The number of aryl methyl sites for hydroxylation is 1. The van der Waals surface area contributed by atoms with Crippen molar-refractivity contribution < 1.29 is 9.59 Å². The topological polar surface area (TPSA) is 83.8 Å². The minimum Gasteiger partial charge on any atom is -0.319 e. The molecular formula is C17H14N4O3S2. The van der Waals surface area contributed by atoms with Crippen LogP contribution in [0.3, 0.4) is 0 Å². The number of hydrogen-bond donors (Lipinski definition) is 1. The molecule has 5 rings (SSSR count). The van der Waals surface area contributed by atoms with Crippen LogP contribution in [0.15, 0.2) is 33.9 Å². The number of imide groups is 1. The van der Waals surface area contributed by atoms with Crippen LogP contribution in [0.4, 0.5) is 4.79 Å². The molecule has 1 aliphatic heterocycles. The van der Waals surface area contributed by atoms with E-state index in [9.17, 15) is 14.4 Å². The average molecular weight is 386 g/mol. The average Bonchev–Trinajstić information content (AvgIpc) is 3.32. The van der Waals surface area contributed by atoms with E-state index >= 15 is 0 Å². The van der Waals surface area contributed by atoms with Crippen LogP contribution >= 0.6 is 22.7 Å². The molecule has 0 bridgehead atoms. The van der Waals surface area contributed by atoms with Crippen LogP contribution in [0, 0.1) is 0 Å². The molecule has 1 saturated heterocycles. The molecule has 26 heavy (non-hydrogen) atoms. The number of thiazole rings is 1. The summed E-state index contributed by atoms with van der Waals surface area (Å²) in [6.07, 6.45) is 4.04. The van der Waals surface area contributed by atoms with Gasteiger partial charge in [0.05, 0.1) is 12.2 Å². The maximum absolute atomic E-state index is 13.2. The van der Waals surface area contributed by atoms with Gasteiger partial charge in [0.15, 0.2) is 4.96 Å². The summed E-state index contributed by atoms with van der Waals surface area (Å²) in [7, 11) is 0. The minimum absolute atomic E-state index is 0.00444. The van der Waals surface area contributed by atoms with Crippen molar-refractivity contribution in [2.45, 2.75) is 31.3 Å². The summed E-state index contributed by atoms with van der Waals surface area (Å²) in [5, 5.41) is 6.65. The Morgan fingerprint density at radius 3 is 3.00 bits per heavy atom. The van der Waals surface area contributed by atoms with Gasteiger partial charge in [-0.25, -0.2) is 9.78 Å². The molecule has 0 aromatic carbocycles. The summed E-state index contributed by atoms with van der Waals surface area (Å²) >= 11 is 2.96. The van der Waals surface area contributed by atoms with E-state index in [4.69, 9.17) is 0 Å². The third kappa shape index (κ3) is 2.10. The zero-order valence-electron chi connectivity index (χ0n) is 13.6. The van der Waals surface area contributed by atoms with Gasteiger partial charge in [0.2, 0.25) is 0 Å². The van der Waals surface area contributed by atoms with Crippen molar-refractivity contribution in [2.24, 2.45) is 0 Å². The second kappa shape index (κ2) is 5.49. The first-order valence-electron chi connectivity index (χ1n) is 8.25. The van der Waals surface area contributed by atoms with Gasteiger partial charge in [0, 0.05) is 28.1 Å². The Morgan fingerprint density at radius 2 is 2.12 bits per heavy atom. The summed E-state index contributed by atoms with van der Waals surface area (Å²) in [5.41, 5.74) is 0.147. The monoisotopic (exact) mass is 386 g/mol. The molecule has 3 amide bonds. The number of fused-ring (bicyclic) bond motifs is 3. The van der Waals surface area contributed by atoms with Crippen molar-refractivity contribution in [3.8, 4) is 0 Å². The van der Waals surface area contributed by atoms with Crippen LogP contribution in [0.1, 0.15) is 29.0 Å². The summed E-state index contributed by atoms with van der Waals surface area (Å²) in [6, 6.07) is 2.88. The molecule has 1 atom stereocenters. The van der Waals surface area contributed by atoms with Crippen LogP contribution in [0.2, 0.25) is 0 Å². The van der Waals surface area contributed by atoms with Crippen molar-refractivity contribution in [1.82, 2.24) is 19.6 Å². The number of amides is 3. The molecule has 1 spiro atoms. The van der Waals surface area contributed by atoms with Gasteiger partial charge in [-0.05, 0) is 30.7 Å². The van der Waals surface area contributed by atoms with Crippen molar-refractivity contribution in [3.63, 3.8) is 0 Å². The molecule has 0 unspecified atom stereocenters. The van der Waals surface area contributed by atoms with Crippen molar-refractivity contribution in [1.29, 1.82) is 0 Å². The van der Waals surface area contributed by atoms with Gasteiger partial charge in [-0.3, -0.25) is 18.9 Å². The highest BCUT2D eigenvalue weighted by atomic mass is 32.1. The lowest BCUT2D eigenvalue weighted by Crippen LogP contribution is -2.46. The summed E-state index contributed by atoms with van der Waals surface area (Å²) in [5.74, 6) is -0.255. The van der Waals surface area contributed by atoms with Gasteiger partial charge in [-0.2, -0.15) is 0 Å². The van der Waals surface area contributed by atoms with Crippen LogP contribution in [-0.2, 0) is 23.3 Å². The fraction of sp³-hybridized carbons (Fsp3) is 0.294. The first kappa shape index (κ1) is 15.7. The van der Waals surface area contributed by atoms with Gasteiger partial charge >= 0.3 is 6.03 Å². The molecule has 1 aliphatic carbocycles. The summed E-state index contributed by atoms with van der Waals surface area (Å²) in [4.78, 5) is 45.2. The zero-order valence-corrected chi connectivity index (χ0v) is 15.2. The van der Waals surface area contributed by atoms with E-state index < -0.39 is 11.6 Å². The molecule has 2 aliphatic rings. The van der Waals surface area contributed by atoms with E-state index in [0.29, 0.717) is 17.1 Å². The molecule has 3 aromatic heterocycles. The fourth-order valence-electron chi connectivity index (χ4n) is 3.82. The molecule has 1 fully saturated rings. The number of hydrogen-bond acceptors (Lipinski definition) is 6. The van der Waals surface area contributed by atoms with E-state index in [1.54, 1.807) is 22.9 Å². The molecule has 9 heteroatoms. The lowest BCUT2D eigenvalue weighted by molar-refractivity contribution is -0.132. The smallest absolute Gasteiger partial charge is 0.319 e. The van der Waals surface area contributed by atoms with E-state index in [2.05, 4.69) is 10.3 Å². The zero-order chi connectivity index (χ0) is 17.9. The molecule has 4 heterocycles. The van der Waals surface area contributed by atoms with Gasteiger partial charge in [-0.15, -0.1) is 22.7 Å². The van der Waals surface area contributed by atoms with Gasteiger partial charge in [-0.1, -0.05) is 0 Å². The second-order valence-corrected chi connectivity index (χ2v) is 8.35. The van der Waals surface area contributed by atoms with E-state index in [1.807, 2.05) is 11.4 Å². The number of thiophene rings is 1. The number of carbonyl (C=O) groups is 2. The normalized spacial score (nSPS) is 22.2. The molecule has 3 aromatic rings. The number of rotatable bonds is 2. The van der Waals surface area contributed by atoms with Crippen molar-refractivity contribution in [3.05, 3.63) is 55.6 Å². The van der Waals surface area contributed by atoms with E-state index in [1.165, 1.54) is 26.7 Å². The van der Waals surface area contributed by atoms with Gasteiger partial charge in [0.25, 0.3) is 11.5 Å². The first-order valence-corrected chi connectivity index (χ1v) is 10.0. The predicted molar refractivity (Wildman–Crippen MR) is 97.4 cm³/mol. The lowest BCUT2D eigenvalue weighted by atomic mass is 9.80. The molecule has 1 N–H and O–H groups in total. The number of urea groups is 1. The highest BCUT2D eigenvalue weighted by molar-refractivity contribution is 7.15. The summed E-state index contributed by atoms with van der Waals surface area (Å²) in [6.45, 7) is -0.00444. The highest BCUT2D eigenvalue weighted by Crippen LogP contribution is 2.42. The Labute approximate surface area is 155 Å². The molecule has 7 nitrogen and oxygen atoms in total. The van der Waals surface area contributed by atoms with Crippen LogP contribution in [0.25, 0.3) is 4.96 Å². The number of aromatic nitrogens is 2. The fourth-order valence-corrected chi connectivity index (χ4v) is 5.55. The standard InChI is InChI=1S/C17H14N4O3S2/c22-13-8-10(18-16-20(13)5-7-26-16)9-21-14(23)17(19-15(21)24)4-1-2-12-11(17)3-6-25-12/h3,5-8H,1-2,4,9H2,(H,19,24)/t17-/m0/s1. The maximum Gasteiger partial charge on any atom is 0.325 e. The van der Waals surface area contributed by atoms with Crippen LogP contribution in [-0.4, -0.2) is 26.2 Å². The third-order valence-corrected chi connectivity index (χ3v) is 6.75. The minimum atomic E-state index is -0.966. The van der Waals surface area contributed by atoms with Crippen LogP contribution < -0.4 is 10.9 Å². The Hall–Kier alpha value is -2.52. The molecular weight excluding hydrogens is 372 g/mol.